The fourth-order valence-corrected chi connectivity index (χ4v) is 3.77. The van der Waals surface area contributed by atoms with Gasteiger partial charge in [0.25, 0.3) is 5.91 Å². The summed E-state index contributed by atoms with van der Waals surface area (Å²) in [5, 5.41) is 7.70. The van der Waals surface area contributed by atoms with E-state index in [1.807, 2.05) is 17.5 Å². The summed E-state index contributed by atoms with van der Waals surface area (Å²) in [6.07, 6.45) is -0.579. The van der Waals surface area contributed by atoms with Gasteiger partial charge in [-0.15, -0.1) is 11.3 Å². The second kappa shape index (κ2) is 9.39. The van der Waals surface area contributed by atoms with Crippen molar-refractivity contribution < 1.29 is 14.3 Å². The molecule has 3 rings (SSSR count). The van der Waals surface area contributed by atoms with Gasteiger partial charge in [0, 0.05) is 16.1 Å². The molecule has 0 aliphatic heterocycles. The molecule has 0 spiro atoms. The van der Waals surface area contributed by atoms with Crippen molar-refractivity contribution in [1.29, 1.82) is 0 Å². The van der Waals surface area contributed by atoms with Crippen molar-refractivity contribution in [3.63, 3.8) is 0 Å². The maximum atomic E-state index is 13.0. The average molecular weight is 409 g/mol. The Bertz CT molecular complexity index is 966. The molecule has 0 bridgehead atoms. The van der Waals surface area contributed by atoms with Gasteiger partial charge in [0.15, 0.2) is 0 Å². The number of methoxy groups -OCH3 is 1. The molecule has 5 nitrogen and oxygen atoms in total. The topological polar surface area (TPSA) is 67.4 Å². The van der Waals surface area contributed by atoms with Gasteiger partial charge in [-0.05, 0) is 46.7 Å². The maximum absolute atomic E-state index is 13.0. The Kier molecular flexibility index (Phi) is 6.67. The number of hydrogen-bond acceptors (Lipinski definition) is 4. The third-order valence-corrected chi connectivity index (χ3v) is 5.53. The fraction of sp³-hybridized carbons (Fsp3) is 0.217. The third kappa shape index (κ3) is 5.23. The number of rotatable bonds is 6. The third-order valence-electron chi connectivity index (χ3n) is 4.60. The van der Waals surface area contributed by atoms with Crippen LogP contribution in [-0.2, 0) is 4.74 Å². The lowest BCUT2D eigenvalue weighted by atomic mass is 9.98. The quantitative estimate of drug-likeness (QED) is 0.560. The number of thiophene rings is 1. The molecule has 0 radical (unpaired) electrons. The normalized spacial score (nSPS) is 11.7. The first-order chi connectivity index (χ1) is 14.0. The molecule has 3 aromatic rings. The summed E-state index contributed by atoms with van der Waals surface area (Å²) in [6.45, 7) is 4.31. The Hall–Kier alpha value is -3.12. The Balaban J connectivity index is 1.84. The minimum Gasteiger partial charge on any atom is -0.453 e. The molecule has 2 aromatic carbocycles. The number of anilines is 1. The number of amides is 2. The minimum atomic E-state index is -0.579. The van der Waals surface area contributed by atoms with E-state index in [0.717, 1.165) is 10.4 Å². The lowest BCUT2D eigenvalue weighted by molar-refractivity contribution is 0.0943. The van der Waals surface area contributed by atoms with E-state index < -0.39 is 6.09 Å². The highest BCUT2D eigenvalue weighted by molar-refractivity contribution is 7.10. The van der Waals surface area contributed by atoms with Crippen molar-refractivity contribution in [2.45, 2.75) is 25.8 Å². The fourth-order valence-electron chi connectivity index (χ4n) is 2.97. The summed E-state index contributed by atoms with van der Waals surface area (Å²) < 4.78 is 4.60. The second-order valence-electron chi connectivity index (χ2n) is 6.94. The molecule has 150 valence electrons. The molecule has 29 heavy (non-hydrogen) atoms. The van der Waals surface area contributed by atoms with E-state index >= 15 is 0 Å². The van der Waals surface area contributed by atoms with Crippen LogP contribution < -0.4 is 10.6 Å². The molecule has 0 saturated heterocycles. The van der Waals surface area contributed by atoms with Crippen molar-refractivity contribution >= 4 is 29.0 Å². The maximum Gasteiger partial charge on any atom is 0.411 e. The lowest BCUT2D eigenvalue weighted by Gasteiger charge is -2.19. The predicted octanol–water partition coefficient (Wildman–Crippen LogP) is 5.57. The Labute approximate surface area is 174 Å². The molecule has 2 amide bonds. The first-order valence-electron chi connectivity index (χ1n) is 9.37. The molecule has 0 saturated carbocycles. The summed E-state index contributed by atoms with van der Waals surface area (Å²) >= 11 is 1.60. The average Bonchev–Trinajstić information content (AvgIpc) is 3.26. The number of benzene rings is 2. The Morgan fingerprint density at radius 1 is 0.966 bits per heavy atom. The molecule has 0 aliphatic carbocycles. The first-order valence-corrected chi connectivity index (χ1v) is 10.2. The van der Waals surface area contributed by atoms with Crippen LogP contribution in [0.2, 0.25) is 0 Å². The zero-order chi connectivity index (χ0) is 20.8. The summed E-state index contributed by atoms with van der Waals surface area (Å²) in [5.41, 5.74) is 3.23. The Morgan fingerprint density at radius 2 is 1.69 bits per heavy atom. The highest BCUT2D eigenvalue weighted by Gasteiger charge is 2.19. The van der Waals surface area contributed by atoms with Gasteiger partial charge in [-0.2, -0.15) is 0 Å². The van der Waals surface area contributed by atoms with Crippen LogP contribution in [0, 0.1) is 0 Å². The van der Waals surface area contributed by atoms with Crippen molar-refractivity contribution in [3.05, 3.63) is 87.6 Å². The van der Waals surface area contributed by atoms with Gasteiger partial charge in [0.1, 0.15) is 0 Å². The largest absolute Gasteiger partial charge is 0.453 e. The van der Waals surface area contributed by atoms with Crippen LogP contribution in [0.1, 0.15) is 52.2 Å². The van der Waals surface area contributed by atoms with Crippen molar-refractivity contribution in [2.24, 2.45) is 0 Å². The number of carbonyl (C=O) groups excluding carboxylic acids is 2. The number of nitrogens with one attached hydrogen (secondary N) is 2. The highest BCUT2D eigenvalue weighted by atomic mass is 32.1. The van der Waals surface area contributed by atoms with E-state index in [-0.39, 0.29) is 11.9 Å². The summed E-state index contributed by atoms with van der Waals surface area (Å²) in [4.78, 5) is 25.4. The SMILES string of the molecule is COC(=O)Nc1cccc(C(=O)NC(c2ccc(C(C)C)cc2)c2cccs2)c1. The van der Waals surface area contributed by atoms with Crippen LogP contribution in [0.3, 0.4) is 0 Å². The molecular formula is C23H24N2O3S. The van der Waals surface area contributed by atoms with E-state index in [4.69, 9.17) is 0 Å². The van der Waals surface area contributed by atoms with Crippen LogP contribution >= 0.6 is 11.3 Å². The van der Waals surface area contributed by atoms with Crippen LogP contribution in [0.15, 0.2) is 66.0 Å². The van der Waals surface area contributed by atoms with Gasteiger partial charge in [-0.25, -0.2) is 4.79 Å². The molecule has 1 aromatic heterocycles. The van der Waals surface area contributed by atoms with E-state index in [0.29, 0.717) is 17.2 Å². The molecule has 1 unspecified atom stereocenters. The first kappa shape index (κ1) is 20.6. The van der Waals surface area contributed by atoms with Gasteiger partial charge in [0.05, 0.1) is 13.2 Å². The lowest BCUT2D eigenvalue weighted by Crippen LogP contribution is -2.29. The van der Waals surface area contributed by atoms with Gasteiger partial charge in [-0.1, -0.05) is 50.2 Å². The molecule has 6 heteroatoms. The summed E-state index contributed by atoms with van der Waals surface area (Å²) in [6, 6.07) is 18.8. The molecule has 2 N–H and O–H groups in total. The number of ether oxygens (including phenoxy) is 1. The van der Waals surface area contributed by atoms with Crippen LogP contribution in [-0.4, -0.2) is 19.1 Å². The minimum absolute atomic E-state index is 0.218. The van der Waals surface area contributed by atoms with Gasteiger partial charge in [0.2, 0.25) is 0 Å². The van der Waals surface area contributed by atoms with Crippen LogP contribution in [0.4, 0.5) is 10.5 Å². The van der Waals surface area contributed by atoms with Crippen LogP contribution in [0.5, 0.6) is 0 Å². The number of hydrogen-bond donors (Lipinski definition) is 2. The Morgan fingerprint density at radius 3 is 2.31 bits per heavy atom. The van der Waals surface area contributed by atoms with E-state index in [9.17, 15) is 9.59 Å². The zero-order valence-electron chi connectivity index (χ0n) is 16.6. The van der Waals surface area contributed by atoms with E-state index in [1.54, 1.807) is 35.6 Å². The van der Waals surface area contributed by atoms with Crippen LogP contribution in [0.25, 0.3) is 0 Å². The summed E-state index contributed by atoms with van der Waals surface area (Å²) in [7, 11) is 1.29. The molecule has 1 heterocycles. The number of carbonyl (C=O) groups is 2. The molecule has 0 fully saturated rings. The molecular weight excluding hydrogens is 384 g/mol. The predicted molar refractivity (Wildman–Crippen MR) is 117 cm³/mol. The summed E-state index contributed by atoms with van der Waals surface area (Å²) in [5.74, 6) is 0.230. The zero-order valence-corrected chi connectivity index (χ0v) is 17.5. The molecule has 1 atom stereocenters. The highest BCUT2D eigenvalue weighted by Crippen LogP contribution is 2.28. The second-order valence-corrected chi connectivity index (χ2v) is 7.92. The van der Waals surface area contributed by atoms with Gasteiger partial charge >= 0.3 is 6.09 Å². The van der Waals surface area contributed by atoms with Gasteiger partial charge < -0.3 is 10.1 Å². The van der Waals surface area contributed by atoms with Gasteiger partial charge in [-0.3, -0.25) is 10.1 Å². The standard InChI is InChI=1S/C23H24N2O3S/c1-15(2)16-9-11-17(12-10-16)21(20-8-5-13-29-20)25-22(26)18-6-4-7-19(14-18)24-23(27)28-3/h4-15,21H,1-3H3,(H,24,27)(H,25,26). The van der Waals surface area contributed by atoms with Crippen molar-refractivity contribution in [2.75, 3.05) is 12.4 Å². The van der Waals surface area contributed by atoms with E-state index in [2.05, 4.69) is 53.5 Å². The monoisotopic (exact) mass is 408 g/mol. The van der Waals surface area contributed by atoms with Crippen molar-refractivity contribution in [1.82, 2.24) is 5.32 Å². The smallest absolute Gasteiger partial charge is 0.411 e. The van der Waals surface area contributed by atoms with Crippen molar-refractivity contribution in [3.8, 4) is 0 Å². The van der Waals surface area contributed by atoms with E-state index in [1.165, 1.54) is 12.7 Å². The molecule has 0 aliphatic rings.